The van der Waals surface area contributed by atoms with Gasteiger partial charge in [0, 0.05) is 18.2 Å². The van der Waals surface area contributed by atoms with Crippen LogP contribution in [0.25, 0.3) is 0 Å². The summed E-state index contributed by atoms with van der Waals surface area (Å²) in [6.07, 6.45) is 4.31. The quantitative estimate of drug-likeness (QED) is 0.546. The van der Waals surface area contributed by atoms with E-state index in [1.54, 1.807) is 6.07 Å². The Morgan fingerprint density at radius 1 is 1.13 bits per heavy atom. The molecule has 1 aliphatic rings. The maximum atomic E-state index is 12.9. The summed E-state index contributed by atoms with van der Waals surface area (Å²) in [6.45, 7) is 2.88. The van der Waals surface area contributed by atoms with Gasteiger partial charge in [0.1, 0.15) is 16.4 Å². The van der Waals surface area contributed by atoms with E-state index in [9.17, 15) is 13.2 Å². The number of nitrogens with one attached hydrogen (secondary N) is 2. The third-order valence-electron chi connectivity index (χ3n) is 5.26. The molecule has 0 spiro atoms. The standard InChI is InChI=1S/C23H30N2O5S/c1-17-7-5-10-20(15-17)30-14-6-13-24-23(26)18-11-12-21(29-2)22(16-18)31(27,28)25-19-8-3-4-9-19/h5,7,10-12,15-16,19,25H,3-4,6,8-9,13-14H2,1-2H3,(H,24,26). The zero-order valence-corrected chi connectivity index (χ0v) is 18.8. The fourth-order valence-electron chi connectivity index (χ4n) is 3.63. The maximum absolute atomic E-state index is 12.9. The van der Waals surface area contributed by atoms with Crippen LogP contribution in [0, 0.1) is 6.92 Å². The Labute approximate surface area is 184 Å². The number of benzene rings is 2. The maximum Gasteiger partial charge on any atom is 0.251 e. The van der Waals surface area contributed by atoms with Gasteiger partial charge >= 0.3 is 0 Å². The molecule has 0 atom stereocenters. The topological polar surface area (TPSA) is 93.7 Å². The second kappa shape index (κ2) is 10.6. The van der Waals surface area contributed by atoms with Crippen molar-refractivity contribution in [3.63, 3.8) is 0 Å². The summed E-state index contributed by atoms with van der Waals surface area (Å²) in [5.74, 6) is 0.676. The van der Waals surface area contributed by atoms with Gasteiger partial charge in [-0.15, -0.1) is 0 Å². The van der Waals surface area contributed by atoms with Gasteiger partial charge < -0.3 is 14.8 Å². The molecule has 2 N–H and O–H groups in total. The van der Waals surface area contributed by atoms with Gasteiger partial charge in [-0.2, -0.15) is 0 Å². The molecule has 1 aliphatic carbocycles. The molecule has 0 saturated heterocycles. The normalized spacial score (nSPS) is 14.4. The predicted octanol–water partition coefficient (Wildman–Crippen LogP) is 3.42. The van der Waals surface area contributed by atoms with Crippen LogP contribution in [0.5, 0.6) is 11.5 Å². The second-order valence-corrected chi connectivity index (χ2v) is 9.43. The molecule has 0 heterocycles. The van der Waals surface area contributed by atoms with Crippen molar-refractivity contribution in [1.82, 2.24) is 10.0 Å². The fraction of sp³-hybridized carbons (Fsp3) is 0.435. The third-order valence-corrected chi connectivity index (χ3v) is 6.80. The minimum Gasteiger partial charge on any atom is -0.495 e. The number of sulfonamides is 1. The van der Waals surface area contributed by atoms with Crippen LogP contribution in [0.3, 0.4) is 0 Å². The zero-order valence-electron chi connectivity index (χ0n) is 18.0. The molecule has 1 fully saturated rings. The monoisotopic (exact) mass is 446 g/mol. The van der Waals surface area contributed by atoms with Gasteiger partial charge in [0.2, 0.25) is 10.0 Å². The first kappa shape index (κ1) is 23.1. The van der Waals surface area contributed by atoms with Gasteiger partial charge in [-0.25, -0.2) is 13.1 Å². The first-order chi connectivity index (χ1) is 14.9. The minimum absolute atomic E-state index is 0.0164. The van der Waals surface area contributed by atoms with Crippen LogP contribution in [0.1, 0.15) is 48.0 Å². The molecule has 8 heteroatoms. The minimum atomic E-state index is -3.78. The summed E-state index contributed by atoms with van der Waals surface area (Å²) in [5.41, 5.74) is 1.39. The van der Waals surface area contributed by atoms with Crippen LogP contribution in [-0.4, -0.2) is 40.6 Å². The molecule has 2 aromatic carbocycles. The van der Waals surface area contributed by atoms with E-state index in [1.165, 1.54) is 19.2 Å². The van der Waals surface area contributed by atoms with Crippen LogP contribution in [0.15, 0.2) is 47.4 Å². The van der Waals surface area contributed by atoms with Crippen molar-refractivity contribution in [2.24, 2.45) is 0 Å². The number of aryl methyl sites for hydroxylation is 1. The third kappa shape index (κ3) is 6.45. The number of hydrogen-bond acceptors (Lipinski definition) is 5. The van der Waals surface area contributed by atoms with Crippen molar-refractivity contribution in [2.75, 3.05) is 20.3 Å². The van der Waals surface area contributed by atoms with Gasteiger partial charge in [-0.1, -0.05) is 25.0 Å². The molecule has 0 aromatic heterocycles. The predicted molar refractivity (Wildman–Crippen MR) is 119 cm³/mol. The lowest BCUT2D eigenvalue weighted by molar-refractivity contribution is 0.0951. The first-order valence-corrected chi connectivity index (χ1v) is 12.1. The molecular weight excluding hydrogens is 416 g/mol. The van der Waals surface area contributed by atoms with Crippen molar-refractivity contribution in [3.8, 4) is 11.5 Å². The Balaban J connectivity index is 1.57. The number of hydrogen-bond donors (Lipinski definition) is 2. The molecule has 1 saturated carbocycles. The van der Waals surface area contributed by atoms with Crippen molar-refractivity contribution in [2.45, 2.75) is 50.0 Å². The number of ether oxygens (including phenoxy) is 2. The molecule has 168 valence electrons. The molecule has 31 heavy (non-hydrogen) atoms. The number of rotatable bonds is 10. The van der Waals surface area contributed by atoms with Crippen LogP contribution in [0.2, 0.25) is 0 Å². The van der Waals surface area contributed by atoms with Crippen molar-refractivity contribution in [3.05, 3.63) is 53.6 Å². The van der Waals surface area contributed by atoms with Crippen molar-refractivity contribution < 1.29 is 22.7 Å². The average molecular weight is 447 g/mol. The number of amides is 1. The van der Waals surface area contributed by atoms with E-state index in [4.69, 9.17) is 9.47 Å². The van der Waals surface area contributed by atoms with Crippen LogP contribution in [0.4, 0.5) is 0 Å². The summed E-state index contributed by atoms with van der Waals surface area (Å²) in [6, 6.07) is 12.2. The molecule has 2 aromatic rings. The summed E-state index contributed by atoms with van der Waals surface area (Å²) < 4.78 is 39.4. The lowest BCUT2D eigenvalue weighted by Crippen LogP contribution is -2.33. The first-order valence-electron chi connectivity index (χ1n) is 10.6. The van der Waals surface area contributed by atoms with E-state index in [2.05, 4.69) is 10.0 Å². The Hall–Kier alpha value is -2.58. The van der Waals surface area contributed by atoms with Crippen molar-refractivity contribution >= 4 is 15.9 Å². The summed E-state index contributed by atoms with van der Waals surface area (Å²) in [7, 11) is -2.37. The highest BCUT2D eigenvalue weighted by atomic mass is 32.2. The Morgan fingerprint density at radius 2 is 1.90 bits per heavy atom. The van der Waals surface area contributed by atoms with E-state index in [-0.39, 0.29) is 28.2 Å². The summed E-state index contributed by atoms with van der Waals surface area (Å²) >= 11 is 0. The zero-order chi connectivity index (χ0) is 22.3. The number of carbonyl (C=O) groups is 1. The number of methoxy groups -OCH3 is 1. The van der Waals surface area contributed by atoms with Gasteiger partial charge in [0.05, 0.1) is 13.7 Å². The highest BCUT2D eigenvalue weighted by Crippen LogP contribution is 2.27. The van der Waals surface area contributed by atoms with Crippen LogP contribution < -0.4 is 19.5 Å². The highest BCUT2D eigenvalue weighted by molar-refractivity contribution is 7.89. The van der Waals surface area contributed by atoms with Crippen LogP contribution in [-0.2, 0) is 10.0 Å². The second-order valence-electron chi connectivity index (χ2n) is 7.74. The largest absolute Gasteiger partial charge is 0.495 e. The Morgan fingerprint density at radius 3 is 2.61 bits per heavy atom. The number of carbonyl (C=O) groups excluding carboxylic acids is 1. The molecule has 1 amide bonds. The molecule has 7 nitrogen and oxygen atoms in total. The van der Waals surface area contributed by atoms with E-state index in [0.29, 0.717) is 19.6 Å². The van der Waals surface area contributed by atoms with Gasteiger partial charge in [0.25, 0.3) is 5.91 Å². The summed E-state index contributed by atoms with van der Waals surface area (Å²) in [5, 5.41) is 2.81. The summed E-state index contributed by atoms with van der Waals surface area (Å²) in [4.78, 5) is 12.5. The molecule has 0 unspecified atom stereocenters. The lowest BCUT2D eigenvalue weighted by atomic mass is 10.2. The van der Waals surface area contributed by atoms with E-state index in [1.807, 2.05) is 31.2 Å². The van der Waals surface area contributed by atoms with E-state index in [0.717, 1.165) is 37.0 Å². The van der Waals surface area contributed by atoms with Crippen molar-refractivity contribution in [1.29, 1.82) is 0 Å². The Kier molecular flexibility index (Phi) is 7.92. The smallest absolute Gasteiger partial charge is 0.251 e. The van der Waals surface area contributed by atoms with Gasteiger partial charge in [-0.05, 0) is 62.1 Å². The van der Waals surface area contributed by atoms with E-state index < -0.39 is 10.0 Å². The highest BCUT2D eigenvalue weighted by Gasteiger charge is 2.26. The average Bonchev–Trinajstić information content (AvgIpc) is 3.25. The molecule has 0 radical (unpaired) electrons. The fourth-order valence-corrected chi connectivity index (χ4v) is 5.13. The Bertz CT molecular complexity index is 1000. The van der Waals surface area contributed by atoms with E-state index >= 15 is 0 Å². The van der Waals surface area contributed by atoms with Gasteiger partial charge in [0.15, 0.2) is 0 Å². The van der Waals surface area contributed by atoms with Crippen LogP contribution >= 0.6 is 0 Å². The SMILES string of the molecule is COc1ccc(C(=O)NCCCOc2cccc(C)c2)cc1S(=O)(=O)NC1CCCC1. The molecule has 0 bridgehead atoms. The molecule has 0 aliphatic heterocycles. The lowest BCUT2D eigenvalue weighted by Gasteiger charge is -2.16. The molecule has 3 rings (SSSR count). The van der Waals surface area contributed by atoms with Gasteiger partial charge in [-0.3, -0.25) is 4.79 Å². The molecular formula is C23H30N2O5S.